The van der Waals surface area contributed by atoms with Gasteiger partial charge in [-0.1, -0.05) is 30.3 Å². The Morgan fingerprint density at radius 3 is 2.74 bits per heavy atom. The molecule has 0 spiro atoms. The minimum absolute atomic E-state index is 0.327. The van der Waals surface area contributed by atoms with Crippen molar-refractivity contribution >= 4 is 27.6 Å². The summed E-state index contributed by atoms with van der Waals surface area (Å²) in [6.07, 6.45) is 0. The number of hydrogen-bond acceptors (Lipinski definition) is 3. The molecule has 6 heteroatoms. The maximum atomic E-state index is 13.7. The molecule has 3 rings (SSSR count). The van der Waals surface area contributed by atoms with Crippen molar-refractivity contribution in [3.8, 4) is 0 Å². The molecular weight excluding hydrogens is 313 g/mol. The van der Waals surface area contributed by atoms with Crippen molar-refractivity contribution in [3.63, 3.8) is 0 Å². The highest BCUT2D eigenvalue weighted by atomic mass is 32.1. The van der Waals surface area contributed by atoms with Crippen molar-refractivity contribution in [2.24, 2.45) is 0 Å². The molecule has 1 atom stereocenters. The fourth-order valence-corrected chi connectivity index (χ4v) is 3.21. The van der Waals surface area contributed by atoms with Crippen LogP contribution in [-0.2, 0) is 6.54 Å². The van der Waals surface area contributed by atoms with Gasteiger partial charge in [0.15, 0.2) is 0 Å². The molecule has 23 heavy (non-hydrogen) atoms. The first-order valence-corrected chi connectivity index (χ1v) is 8.08. The van der Waals surface area contributed by atoms with Gasteiger partial charge >= 0.3 is 6.03 Å². The average Bonchev–Trinajstić information content (AvgIpc) is 2.96. The van der Waals surface area contributed by atoms with Gasteiger partial charge < -0.3 is 10.6 Å². The molecule has 3 aromatic rings. The molecule has 118 valence electrons. The fourth-order valence-electron chi connectivity index (χ4n) is 2.30. The number of para-hydroxylation sites is 1. The number of benzene rings is 2. The number of fused-ring (bicyclic) bond motifs is 1. The van der Waals surface area contributed by atoms with Crippen molar-refractivity contribution in [3.05, 3.63) is 64.9 Å². The predicted molar refractivity (Wildman–Crippen MR) is 89.8 cm³/mol. The normalized spacial score (nSPS) is 12.1. The molecule has 2 amide bonds. The van der Waals surface area contributed by atoms with E-state index in [1.165, 1.54) is 6.07 Å². The largest absolute Gasteiger partial charge is 0.332 e. The van der Waals surface area contributed by atoms with Gasteiger partial charge in [0.25, 0.3) is 0 Å². The first-order chi connectivity index (χ1) is 11.1. The van der Waals surface area contributed by atoms with E-state index in [2.05, 4.69) is 15.6 Å². The number of thiazole rings is 1. The smallest absolute Gasteiger partial charge is 0.315 e. The molecule has 0 saturated carbocycles. The van der Waals surface area contributed by atoms with Crippen LogP contribution in [0.4, 0.5) is 9.18 Å². The molecule has 2 N–H and O–H groups in total. The minimum atomic E-state index is -0.411. The van der Waals surface area contributed by atoms with Gasteiger partial charge in [-0.25, -0.2) is 14.2 Å². The molecular formula is C17H16FN3OS. The van der Waals surface area contributed by atoms with E-state index in [-0.39, 0.29) is 11.8 Å². The van der Waals surface area contributed by atoms with Crippen molar-refractivity contribution in [1.82, 2.24) is 15.6 Å². The molecule has 0 fully saturated rings. The number of nitrogens with one attached hydrogen (secondary N) is 2. The molecule has 0 aliphatic rings. The van der Waals surface area contributed by atoms with E-state index in [9.17, 15) is 9.18 Å². The predicted octanol–water partition coefficient (Wildman–Crippen LogP) is 4.00. The minimum Gasteiger partial charge on any atom is -0.332 e. The summed E-state index contributed by atoms with van der Waals surface area (Å²) in [5.74, 6) is -0.327. The van der Waals surface area contributed by atoms with Crippen LogP contribution in [-0.4, -0.2) is 11.0 Å². The summed E-state index contributed by atoms with van der Waals surface area (Å²) >= 11 is 1.54. The summed E-state index contributed by atoms with van der Waals surface area (Å²) in [6.45, 7) is 2.09. The highest BCUT2D eigenvalue weighted by Gasteiger charge is 2.13. The molecule has 0 bridgehead atoms. The van der Waals surface area contributed by atoms with Crippen LogP contribution in [0, 0.1) is 5.82 Å². The summed E-state index contributed by atoms with van der Waals surface area (Å²) in [4.78, 5) is 16.4. The number of hydrogen-bond donors (Lipinski definition) is 2. The molecule has 1 aromatic heterocycles. The van der Waals surface area contributed by atoms with Crippen LogP contribution < -0.4 is 10.6 Å². The quantitative estimate of drug-likeness (QED) is 0.760. The Morgan fingerprint density at radius 1 is 1.22 bits per heavy atom. The number of amides is 2. The number of rotatable bonds is 4. The van der Waals surface area contributed by atoms with E-state index < -0.39 is 6.04 Å². The second kappa shape index (κ2) is 6.75. The maximum Gasteiger partial charge on any atom is 0.315 e. The van der Waals surface area contributed by atoms with E-state index in [0.717, 1.165) is 15.2 Å². The van der Waals surface area contributed by atoms with E-state index >= 15 is 0 Å². The van der Waals surface area contributed by atoms with E-state index in [1.807, 2.05) is 24.3 Å². The summed E-state index contributed by atoms with van der Waals surface area (Å²) in [5.41, 5.74) is 1.39. The lowest BCUT2D eigenvalue weighted by Crippen LogP contribution is -2.36. The van der Waals surface area contributed by atoms with Crippen LogP contribution in [0.15, 0.2) is 48.5 Å². The Balaban J connectivity index is 1.58. The SMILES string of the molecule is C[C@@H](NC(=O)NCc1nc2ccccc2s1)c1ccccc1F. The Hall–Kier alpha value is -2.47. The third-order valence-corrected chi connectivity index (χ3v) is 4.49. The highest BCUT2D eigenvalue weighted by Crippen LogP contribution is 2.21. The Morgan fingerprint density at radius 2 is 1.96 bits per heavy atom. The van der Waals surface area contributed by atoms with Crippen molar-refractivity contribution in [1.29, 1.82) is 0 Å². The zero-order valence-corrected chi connectivity index (χ0v) is 13.4. The number of aromatic nitrogens is 1. The standard InChI is InChI=1S/C17H16FN3OS/c1-11(12-6-2-3-7-13(12)18)20-17(22)19-10-16-21-14-8-4-5-9-15(14)23-16/h2-9,11H,10H2,1H3,(H2,19,20,22)/t11-/m1/s1. The molecule has 0 saturated heterocycles. The van der Waals surface area contributed by atoms with Crippen LogP contribution in [0.1, 0.15) is 23.5 Å². The zero-order chi connectivity index (χ0) is 16.2. The van der Waals surface area contributed by atoms with E-state index in [4.69, 9.17) is 0 Å². The fraction of sp³-hybridized carbons (Fsp3) is 0.176. The highest BCUT2D eigenvalue weighted by molar-refractivity contribution is 7.18. The maximum absolute atomic E-state index is 13.7. The van der Waals surface area contributed by atoms with Gasteiger partial charge in [-0.3, -0.25) is 0 Å². The lowest BCUT2D eigenvalue weighted by molar-refractivity contribution is 0.237. The van der Waals surface area contributed by atoms with Crippen LogP contribution in [0.25, 0.3) is 10.2 Å². The Labute approximate surface area is 137 Å². The van der Waals surface area contributed by atoms with Gasteiger partial charge in [0.2, 0.25) is 0 Å². The topological polar surface area (TPSA) is 54.0 Å². The molecule has 2 aromatic carbocycles. The number of carbonyl (C=O) groups is 1. The van der Waals surface area contributed by atoms with E-state index in [0.29, 0.717) is 12.1 Å². The monoisotopic (exact) mass is 329 g/mol. The van der Waals surface area contributed by atoms with Gasteiger partial charge in [0.05, 0.1) is 22.8 Å². The van der Waals surface area contributed by atoms with Crippen LogP contribution >= 0.6 is 11.3 Å². The van der Waals surface area contributed by atoms with Crippen LogP contribution in [0.3, 0.4) is 0 Å². The third-order valence-electron chi connectivity index (χ3n) is 3.46. The van der Waals surface area contributed by atoms with Crippen LogP contribution in [0.5, 0.6) is 0 Å². The first-order valence-electron chi connectivity index (χ1n) is 7.27. The van der Waals surface area contributed by atoms with E-state index in [1.54, 1.807) is 36.5 Å². The van der Waals surface area contributed by atoms with Crippen LogP contribution in [0.2, 0.25) is 0 Å². The number of nitrogens with zero attached hydrogens (tertiary/aromatic N) is 1. The second-order valence-electron chi connectivity index (χ2n) is 5.15. The van der Waals surface area contributed by atoms with Gasteiger partial charge in [0.1, 0.15) is 10.8 Å². The van der Waals surface area contributed by atoms with Gasteiger partial charge in [-0.05, 0) is 25.1 Å². The number of carbonyl (C=O) groups excluding carboxylic acids is 1. The molecule has 4 nitrogen and oxygen atoms in total. The van der Waals surface area contributed by atoms with Gasteiger partial charge in [0, 0.05) is 5.56 Å². The molecule has 0 unspecified atom stereocenters. The zero-order valence-electron chi connectivity index (χ0n) is 12.5. The lowest BCUT2D eigenvalue weighted by atomic mass is 10.1. The van der Waals surface area contributed by atoms with Crippen molar-refractivity contribution in [2.75, 3.05) is 0 Å². The molecule has 0 aliphatic heterocycles. The van der Waals surface area contributed by atoms with Gasteiger partial charge in [-0.15, -0.1) is 11.3 Å². The molecule has 0 radical (unpaired) electrons. The Bertz CT molecular complexity index is 800. The second-order valence-corrected chi connectivity index (χ2v) is 6.26. The van der Waals surface area contributed by atoms with Crippen molar-refractivity contribution in [2.45, 2.75) is 19.5 Å². The third kappa shape index (κ3) is 3.65. The lowest BCUT2D eigenvalue weighted by Gasteiger charge is -2.15. The average molecular weight is 329 g/mol. The molecule has 1 heterocycles. The Kier molecular flexibility index (Phi) is 4.52. The first kappa shape index (κ1) is 15.4. The number of urea groups is 1. The summed E-state index contributed by atoms with van der Waals surface area (Å²) in [5, 5.41) is 6.32. The summed E-state index contributed by atoms with van der Waals surface area (Å²) in [7, 11) is 0. The van der Waals surface area contributed by atoms with Gasteiger partial charge in [-0.2, -0.15) is 0 Å². The van der Waals surface area contributed by atoms with Crippen molar-refractivity contribution < 1.29 is 9.18 Å². The number of halogens is 1. The summed E-state index contributed by atoms with van der Waals surface area (Å²) < 4.78 is 14.8. The molecule has 0 aliphatic carbocycles. The summed E-state index contributed by atoms with van der Waals surface area (Å²) in [6, 6.07) is 13.5.